The zero-order valence-electron chi connectivity index (χ0n) is 12.9. The van der Waals surface area contributed by atoms with Crippen LogP contribution in [0.5, 0.6) is 0 Å². The molecule has 1 aromatic carbocycles. The number of hydrogen-bond donors (Lipinski definition) is 2. The fraction of sp³-hybridized carbons (Fsp3) is 0.235. The molecule has 0 bridgehead atoms. The summed E-state index contributed by atoms with van der Waals surface area (Å²) in [6, 6.07) is 11.7. The van der Waals surface area contributed by atoms with E-state index in [9.17, 15) is 14.4 Å². The third-order valence-electron chi connectivity index (χ3n) is 3.77. The van der Waals surface area contributed by atoms with Crippen molar-refractivity contribution >= 4 is 17.5 Å². The van der Waals surface area contributed by atoms with Crippen LogP contribution in [0.15, 0.2) is 53.5 Å². The molecule has 2 heterocycles. The first kappa shape index (κ1) is 15.9. The van der Waals surface area contributed by atoms with Crippen LogP contribution in [0.3, 0.4) is 0 Å². The summed E-state index contributed by atoms with van der Waals surface area (Å²) in [6.45, 7) is 0.351. The minimum Gasteiger partial charge on any atom is -0.369 e. The average molecular weight is 327 g/mol. The minimum atomic E-state index is -0.786. The molecule has 7 nitrogen and oxygen atoms in total. The van der Waals surface area contributed by atoms with Crippen LogP contribution >= 0.6 is 0 Å². The number of amides is 2. The Hall–Kier alpha value is -2.93. The van der Waals surface area contributed by atoms with Gasteiger partial charge in [-0.25, -0.2) is 0 Å². The number of H-pyrrole nitrogens is 1. The summed E-state index contributed by atoms with van der Waals surface area (Å²) in [6.07, 6.45) is 1.48. The van der Waals surface area contributed by atoms with Crippen LogP contribution in [0.4, 0.5) is 5.69 Å². The van der Waals surface area contributed by atoms with E-state index < -0.39 is 17.5 Å². The molecule has 1 aliphatic heterocycles. The van der Waals surface area contributed by atoms with E-state index in [4.69, 9.17) is 4.74 Å². The molecule has 3 rings (SSSR count). The third-order valence-corrected chi connectivity index (χ3v) is 3.77. The minimum absolute atomic E-state index is 0.0530. The Kier molecular flexibility index (Phi) is 4.72. The number of carbonyl (C=O) groups is 2. The Balaban J connectivity index is 1.78. The van der Waals surface area contributed by atoms with Gasteiger partial charge in [-0.2, -0.15) is 0 Å². The molecule has 24 heavy (non-hydrogen) atoms. The van der Waals surface area contributed by atoms with Crippen molar-refractivity contribution in [3.05, 3.63) is 64.6 Å². The molecule has 0 aliphatic carbocycles. The van der Waals surface area contributed by atoms with Crippen LogP contribution in [0.1, 0.15) is 5.56 Å². The van der Waals surface area contributed by atoms with E-state index in [1.807, 2.05) is 30.3 Å². The van der Waals surface area contributed by atoms with Crippen LogP contribution in [0.2, 0.25) is 0 Å². The molecule has 1 aliphatic rings. The second-order valence-corrected chi connectivity index (χ2v) is 5.44. The first-order valence-corrected chi connectivity index (χ1v) is 7.55. The molecule has 2 aromatic rings. The van der Waals surface area contributed by atoms with Gasteiger partial charge in [0.2, 0.25) is 11.8 Å². The van der Waals surface area contributed by atoms with Crippen molar-refractivity contribution < 1.29 is 14.3 Å². The summed E-state index contributed by atoms with van der Waals surface area (Å²) in [5.74, 6) is -0.706. The number of nitrogens with one attached hydrogen (secondary N) is 2. The number of carbonyl (C=O) groups excluding carboxylic acids is 2. The molecule has 1 fully saturated rings. The van der Waals surface area contributed by atoms with Gasteiger partial charge in [-0.15, -0.1) is 0 Å². The fourth-order valence-electron chi connectivity index (χ4n) is 2.54. The Morgan fingerprint density at radius 2 is 2.00 bits per heavy atom. The van der Waals surface area contributed by atoms with Gasteiger partial charge < -0.3 is 19.9 Å². The highest BCUT2D eigenvalue weighted by molar-refractivity contribution is 5.97. The van der Waals surface area contributed by atoms with Crippen LogP contribution in [0.25, 0.3) is 0 Å². The van der Waals surface area contributed by atoms with Crippen LogP contribution < -0.4 is 10.9 Å². The molecule has 1 atom stereocenters. The maximum Gasteiger partial charge on any atom is 0.271 e. The molecule has 2 amide bonds. The van der Waals surface area contributed by atoms with Crippen molar-refractivity contribution in [2.24, 2.45) is 0 Å². The van der Waals surface area contributed by atoms with Crippen LogP contribution in [0, 0.1) is 0 Å². The van der Waals surface area contributed by atoms with Gasteiger partial charge in [-0.3, -0.25) is 14.4 Å². The van der Waals surface area contributed by atoms with Crippen molar-refractivity contribution in [1.29, 1.82) is 0 Å². The lowest BCUT2D eigenvalue weighted by molar-refractivity contribution is -0.154. The number of anilines is 1. The second kappa shape index (κ2) is 7.10. The lowest BCUT2D eigenvalue weighted by Gasteiger charge is -2.34. The van der Waals surface area contributed by atoms with Gasteiger partial charge in [0.05, 0.1) is 6.61 Å². The van der Waals surface area contributed by atoms with Crippen molar-refractivity contribution in [2.45, 2.75) is 12.6 Å². The van der Waals surface area contributed by atoms with E-state index in [0.717, 1.165) is 5.56 Å². The van der Waals surface area contributed by atoms with E-state index in [-0.39, 0.29) is 24.8 Å². The Morgan fingerprint density at radius 1 is 1.21 bits per heavy atom. The molecule has 124 valence electrons. The fourth-order valence-corrected chi connectivity index (χ4v) is 2.54. The Labute approximate surface area is 138 Å². The Bertz CT molecular complexity index is 788. The van der Waals surface area contributed by atoms with Gasteiger partial charge in [0, 0.05) is 12.7 Å². The lowest BCUT2D eigenvalue weighted by Crippen LogP contribution is -2.54. The number of nitrogens with zero attached hydrogens (tertiary/aromatic N) is 1. The van der Waals surface area contributed by atoms with Crippen molar-refractivity contribution in [3.63, 3.8) is 0 Å². The first-order chi connectivity index (χ1) is 11.6. The maximum absolute atomic E-state index is 12.5. The van der Waals surface area contributed by atoms with E-state index >= 15 is 0 Å². The molecule has 0 radical (unpaired) electrons. The zero-order chi connectivity index (χ0) is 16.9. The van der Waals surface area contributed by atoms with E-state index in [1.54, 1.807) is 6.07 Å². The topological polar surface area (TPSA) is 91.5 Å². The number of aromatic nitrogens is 1. The number of rotatable bonds is 4. The van der Waals surface area contributed by atoms with Gasteiger partial charge in [0.25, 0.3) is 5.56 Å². The van der Waals surface area contributed by atoms with Crippen molar-refractivity contribution in [1.82, 2.24) is 9.88 Å². The number of hydrogen-bond acceptors (Lipinski definition) is 4. The summed E-state index contributed by atoms with van der Waals surface area (Å²) < 4.78 is 5.21. The summed E-state index contributed by atoms with van der Waals surface area (Å²) >= 11 is 0. The van der Waals surface area contributed by atoms with Gasteiger partial charge in [-0.05, 0) is 17.7 Å². The van der Waals surface area contributed by atoms with Gasteiger partial charge in [-0.1, -0.05) is 30.3 Å². The molecular weight excluding hydrogens is 310 g/mol. The summed E-state index contributed by atoms with van der Waals surface area (Å²) in [4.78, 5) is 40.4. The van der Waals surface area contributed by atoms with Gasteiger partial charge >= 0.3 is 0 Å². The molecule has 0 saturated carbocycles. The molecule has 1 saturated heterocycles. The maximum atomic E-state index is 12.5. The molecule has 7 heteroatoms. The number of benzene rings is 1. The SMILES string of the molecule is O=C(Nc1ccc[nH]c1=O)[C@H]1COCC(=O)N1Cc1ccccc1. The highest BCUT2D eigenvalue weighted by Gasteiger charge is 2.34. The normalized spacial score (nSPS) is 17.6. The predicted octanol–water partition coefficient (Wildman–Crippen LogP) is 0.741. The summed E-state index contributed by atoms with van der Waals surface area (Å²) in [5, 5.41) is 2.56. The van der Waals surface area contributed by atoms with Crippen molar-refractivity contribution in [3.8, 4) is 0 Å². The number of ether oxygens (including phenoxy) is 1. The lowest BCUT2D eigenvalue weighted by atomic mass is 10.1. The van der Waals surface area contributed by atoms with Crippen LogP contribution in [-0.2, 0) is 20.9 Å². The highest BCUT2D eigenvalue weighted by Crippen LogP contribution is 2.15. The average Bonchev–Trinajstić information content (AvgIpc) is 2.59. The van der Waals surface area contributed by atoms with Crippen LogP contribution in [-0.4, -0.2) is 41.0 Å². The molecule has 1 aromatic heterocycles. The largest absolute Gasteiger partial charge is 0.369 e. The standard InChI is InChI=1S/C17H17N3O4/c21-15-11-24-10-14(20(15)9-12-5-2-1-3-6-12)17(23)19-13-7-4-8-18-16(13)22/h1-8,14H,9-11H2,(H,18,22)(H,19,23)/t14-/m1/s1. The van der Waals surface area contributed by atoms with E-state index in [1.165, 1.54) is 17.2 Å². The van der Waals surface area contributed by atoms with Gasteiger partial charge in [0.15, 0.2) is 0 Å². The smallest absolute Gasteiger partial charge is 0.271 e. The molecule has 0 spiro atoms. The molecule has 0 unspecified atom stereocenters. The summed E-state index contributed by atoms with van der Waals surface area (Å²) in [7, 11) is 0. The molecule has 2 N–H and O–H groups in total. The second-order valence-electron chi connectivity index (χ2n) is 5.44. The third kappa shape index (κ3) is 3.52. The van der Waals surface area contributed by atoms with Gasteiger partial charge in [0.1, 0.15) is 18.3 Å². The summed E-state index contributed by atoms with van der Waals surface area (Å²) in [5.41, 5.74) is 0.659. The van der Waals surface area contributed by atoms with Crippen molar-refractivity contribution in [2.75, 3.05) is 18.5 Å². The number of aromatic amines is 1. The molecular formula is C17H17N3O4. The highest BCUT2D eigenvalue weighted by atomic mass is 16.5. The monoisotopic (exact) mass is 327 g/mol. The van der Waals surface area contributed by atoms with E-state index in [0.29, 0.717) is 6.54 Å². The first-order valence-electron chi connectivity index (χ1n) is 7.55. The van der Waals surface area contributed by atoms with E-state index in [2.05, 4.69) is 10.3 Å². The number of pyridine rings is 1. The quantitative estimate of drug-likeness (QED) is 0.866. The number of morpholine rings is 1. The zero-order valence-corrected chi connectivity index (χ0v) is 12.9. The Morgan fingerprint density at radius 3 is 2.75 bits per heavy atom. The predicted molar refractivity (Wildman–Crippen MR) is 87.3 cm³/mol.